The third-order valence-electron chi connectivity index (χ3n) is 1.29. The van der Waals surface area contributed by atoms with E-state index in [0.29, 0.717) is 16.3 Å². The lowest BCUT2D eigenvalue weighted by Gasteiger charge is -2.07. The summed E-state index contributed by atoms with van der Waals surface area (Å²) in [7, 11) is 1.36. The van der Waals surface area contributed by atoms with Crippen molar-refractivity contribution in [1.29, 1.82) is 0 Å². The molecule has 0 N–H and O–H groups in total. The molecule has 2 nitrogen and oxygen atoms in total. The highest BCUT2D eigenvalue weighted by Gasteiger charge is 2.21. The molecule has 1 rings (SSSR count). The van der Waals surface area contributed by atoms with E-state index in [4.69, 9.17) is 34.5 Å². The minimum atomic E-state index is -3.74. The molecule has 0 amide bonds. The van der Waals surface area contributed by atoms with E-state index < -0.39 is 9.05 Å². The molecule has 0 atom stereocenters. The van der Waals surface area contributed by atoms with Crippen molar-refractivity contribution in [2.24, 2.45) is 0 Å². The van der Waals surface area contributed by atoms with E-state index in [1.165, 1.54) is 6.08 Å². The highest BCUT2D eigenvalue weighted by atomic mass is 35.7. The summed E-state index contributed by atoms with van der Waals surface area (Å²) < 4.78 is 21.7. The van der Waals surface area contributed by atoms with Gasteiger partial charge in [0.2, 0.25) is 0 Å². The Hall–Kier alpha value is 0.1000. The zero-order chi connectivity index (χ0) is 9.35. The van der Waals surface area contributed by atoms with Crippen LogP contribution in [0.3, 0.4) is 0 Å². The van der Waals surface area contributed by atoms with E-state index in [9.17, 15) is 8.42 Å². The molecule has 0 spiro atoms. The lowest BCUT2D eigenvalue weighted by molar-refractivity contribution is 0.616. The van der Waals surface area contributed by atoms with Crippen LogP contribution in [0.15, 0.2) is 22.1 Å². The Bertz CT molecular complexity index is 378. The van der Waals surface area contributed by atoms with Crippen molar-refractivity contribution in [3.05, 3.63) is 22.1 Å². The summed E-state index contributed by atoms with van der Waals surface area (Å²) >= 11 is 10.4. The molecule has 0 aromatic rings. The Morgan fingerprint density at radius 3 is 2.50 bits per heavy atom. The van der Waals surface area contributed by atoms with Crippen molar-refractivity contribution in [3.8, 4) is 0 Å². The van der Waals surface area contributed by atoms with Crippen LogP contribution in [0.25, 0.3) is 0 Å². The van der Waals surface area contributed by atoms with E-state index in [1.807, 2.05) is 0 Å². The first-order valence-electron chi connectivity index (χ1n) is 2.96. The minimum Gasteiger partial charge on any atom is -0.207 e. The van der Waals surface area contributed by atoms with Gasteiger partial charge in [-0.05, 0) is 6.08 Å². The Morgan fingerprint density at radius 1 is 1.50 bits per heavy atom. The van der Waals surface area contributed by atoms with E-state index in [-0.39, 0.29) is 4.91 Å². The smallest absolute Gasteiger partial charge is 0.207 e. The van der Waals surface area contributed by atoms with Crippen LogP contribution in [0.2, 0.25) is 0 Å². The van der Waals surface area contributed by atoms with Crippen molar-refractivity contribution in [2.75, 3.05) is 0 Å². The summed E-state index contributed by atoms with van der Waals surface area (Å²) in [5.74, 6) is 0. The quantitative estimate of drug-likeness (QED) is 0.523. The highest BCUT2D eigenvalue weighted by Crippen LogP contribution is 2.24. The van der Waals surface area contributed by atoms with E-state index in [2.05, 4.69) is 0 Å². The third-order valence-corrected chi connectivity index (χ3v) is 3.46. The van der Waals surface area contributed by atoms with Crippen molar-refractivity contribution >= 4 is 48.4 Å². The van der Waals surface area contributed by atoms with Crippen LogP contribution in [0.1, 0.15) is 6.42 Å². The molecule has 6 heteroatoms. The molecule has 1 aliphatic carbocycles. The van der Waals surface area contributed by atoms with E-state index in [1.54, 1.807) is 6.08 Å². The van der Waals surface area contributed by atoms with Crippen molar-refractivity contribution in [1.82, 2.24) is 0 Å². The highest BCUT2D eigenvalue weighted by molar-refractivity contribution is 8.18. The minimum absolute atomic E-state index is 0.0633. The average molecular weight is 243 g/mol. The number of halogens is 2. The molecule has 0 unspecified atom stereocenters. The molecule has 1 aliphatic rings. The van der Waals surface area contributed by atoms with Crippen LogP contribution >= 0.6 is 34.5 Å². The first kappa shape index (κ1) is 10.2. The molecule has 0 heterocycles. The van der Waals surface area contributed by atoms with Crippen molar-refractivity contribution in [3.63, 3.8) is 0 Å². The molecular formula is C6H4Cl2O2S2. The van der Waals surface area contributed by atoms with Crippen molar-refractivity contribution in [2.45, 2.75) is 6.42 Å². The lowest BCUT2D eigenvalue weighted by atomic mass is 10.2. The Labute approximate surface area is 85.3 Å². The third kappa shape index (κ3) is 2.29. The van der Waals surface area contributed by atoms with E-state index in [0.717, 1.165) is 0 Å². The molecule has 0 aromatic carbocycles. The summed E-state index contributed by atoms with van der Waals surface area (Å²) in [6.07, 6.45) is 3.25. The largest absolute Gasteiger partial charge is 0.262 e. The number of allylic oxidation sites excluding steroid dienone is 4. The summed E-state index contributed by atoms with van der Waals surface area (Å²) in [4.78, 5) is 0.237. The van der Waals surface area contributed by atoms with Crippen LogP contribution in [0.4, 0.5) is 0 Å². The fraction of sp³-hybridized carbons (Fsp3) is 0.167. The zero-order valence-corrected chi connectivity index (χ0v) is 8.90. The zero-order valence-electron chi connectivity index (χ0n) is 5.75. The summed E-state index contributed by atoms with van der Waals surface area (Å²) in [5, 5.41) is 0.350. The molecule has 0 bridgehead atoms. The normalized spacial score (nSPS) is 18.7. The second-order valence-corrected chi connectivity index (χ2v) is 5.63. The molecular weight excluding hydrogens is 239 g/mol. The lowest BCUT2D eigenvalue weighted by Crippen LogP contribution is -2.08. The standard InChI is InChI=1S/C6H4Cl2O2S2/c7-4-1-2-5(11)6(3-4)12(8,9)10/h1,3H,2H2. The maximum Gasteiger partial charge on any atom is 0.262 e. The summed E-state index contributed by atoms with van der Waals surface area (Å²) in [6.45, 7) is 0. The maximum atomic E-state index is 10.9. The van der Waals surface area contributed by atoms with Gasteiger partial charge in [0.25, 0.3) is 9.05 Å². The van der Waals surface area contributed by atoms with Gasteiger partial charge in [0, 0.05) is 27.0 Å². The molecule has 0 aliphatic heterocycles. The van der Waals surface area contributed by atoms with Gasteiger partial charge in [0.1, 0.15) is 0 Å². The molecule has 0 saturated carbocycles. The van der Waals surface area contributed by atoms with Gasteiger partial charge in [-0.3, -0.25) is 0 Å². The van der Waals surface area contributed by atoms with Crippen LogP contribution in [0.5, 0.6) is 0 Å². The van der Waals surface area contributed by atoms with Gasteiger partial charge in [0.15, 0.2) is 0 Å². The first-order chi connectivity index (χ1) is 5.41. The van der Waals surface area contributed by atoms with Gasteiger partial charge in [0.05, 0.1) is 4.91 Å². The maximum absolute atomic E-state index is 10.9. The SMILES string of the molecule is O=S(=O)(Cl)C1=CC(Cl)=CCC1=S. The van der Waals surface area contributed by atoms with Gasteiger partial charge >= 0.3 is 0 Å². The van der Waals surface area contributed by atoms with Crippen molar-refractivity contribution < 1.29 is 8.42 Å². The van der Waals surface area contributed by atoms with Gasteiger partial charge in [-0.15, -0.1) is 0 Å². The number of hydrogen-bond donors (Lipinski definition) is 0. The van der Waals surface area contributed by atoms with Gasteiger partial charge in [-0.2, -0.15) is 0 Å². The van der Waals surface area contributed by atoms with Gasteiger partial charge in [-0.25, -0.2) is 8.42 Å². The monoisotopic (exact) mass is 242 g/mol. The molecule has 0 aromatic heterocycles. The topological polar surface area (TPSA) is 34.1 Å². The average Bonchev–Trinajstić information content (AvgIpc) is 1.92. The Morgan fingerprint density at radius 2 is 2.08 bits per heavy atom. The first-order valence-corrected chi connectivity index (χ1v) is 6.06. The predicted molar refractivity (Wildman–Crippen MR) is 54.0 cm³/mol. The number of rotatable bonds is 1. The predicted octanol–water partition coefficient (Wildman–Crippen LogP) is 2.34. The number of thiocarbonyl (C=S) groups is 1. The van der Waals surface area contributed by atoms with Crippen LogP contribution < -0.4 is 0 Å². The van der Waals surface area contributed by atoms with E-state index >= 15 is 0 Å². The molecule has 66 valence electrons. The summed E-state index contributed by atoms with van der Waals surface area (Å²) in [5.41, 5.74) is 0. The molecule has 0 fully saturated rings. The Kier molecular flexibility index (Phi) is 2.93. The molecule has 12 heavy (non-hydrogen) atoms. The Balaban J connectivity index is 3.20. The molecule has 0 saturated heterocycles. The van der Waals surface area contributed by atoms with Crippen LogP contribution in [0, 0.1) is 0 Å². The van der Waals surface area contributed by atoms with Crippen LogP contribution in [-0.4, -0.2) is 13.3 Å². The molecule has 0 radical (unpaired) electrons. The van der Waals surface area contributed by atoms with Gasteiger partial charge in [-0.1, -0.05) is 29.9 Å². The number of hydrogen-bond acceptors (Lipinski definition) is 3. The van der Waals surface area contributed by atoms with Gasteiger partial charge < -0.3 is 0 Å². The fourth-order valence-corrected chi connectivity index (χ4v) is 2.66. The second-order valence-electron chi connectivity index (χ2n) is 2.16. The van der Waals surface area contributed by atoms with Crippen LogP contribution in [-0.2, 0) is 9.05 Å². The second kappa shape index (κ2) is 3.46. The summed E-state index contributed by atoms with van der Waals surface area (Å²) in [6, 6.07) is 0. The fourth-order valence-electron chi connectivity index (χ4n) is 0.762.